The summed E-state index contributed by atoms with van der Waals surface area (Å²) in [6, 6.07) is 14.2. The standard InChI is InChI=1S/C17H18N6S/c1-12-6-8-14(9-7-12)11-24-17-19-16(22-23-17)21-20-13(2)15-5-3-4-10-18-15/h3-10H,11H2,1-2H3,(H2,19,21,22,23)/b20-13-. The molecule has 0 saturated carbocycles. The van der Waals surface area contributed by atoms with Gasteiger partial charge in [0.25, 0.3) is 0 Å². The second kappa shape index (κ2) is 7.74. The van der Waals surface area contributed by atoms with Crippen LogP contribution in [0.4, 0.5) is 5.95 Å². The Labute approximate surface area is 144 Å². The number of aryl methyl sites for hydroxylation is 1. The lowest BCUT2D eigenvalue weighted by Crippen LogP contribution is -2.02. The molecule has 0 radical (unpaired) electrons. The molecule has 6 nitrogen and oxygen atoms in total. The summed E-state index contributed by atoms with van der Waals surface area (Å²) in [4.78, 5) is 8.61. The molecule has 0 spiro atoms. The highest BCUT2D eigenvalue weighted by molar-refractivity contribution is 7.98. The van der Waals surface area contributed by atoms with E-state index in [0.29, 0.717) is 11.1 Å². The van der Waals surface area contributed by atoms with Crippen LogP contribution < -0.4 is 5.43 Å². The van der Waals surface area contributed by atoms with E-state index in [0.717, 1.165) is 17.2 Å². The first-order valence-electron chi connectivity index (χ1n) is 7.53. The van der Waals surface area contributed by atoms with Gasteiger partial charge < -0.3 is 0 Å². The largest absolute Gasteiger partial charge is 0.255 e. The summed E-state index contributed by atoms with van der Waals surface area (Å²) in [5.41, 5.74) is 6.97. The number of nitrogens with one attached hydrogen (secondary N) is 2. The fourth-order valence-corrected chi connectivity index (χ4v) is 2.72. The number of benzene rings is 1. The number of hydrazone groups is 1. The Hall–Kier alpha value is -2.67. The zero-order chi connectivity index (χ0) is 16.8. The van der Waals surface area contributed by atoms with E-state index >= 15 is 0 Å². The molecule has 0 aliphatic rings. The number of hydrogen-bond donors (Lipinski definition) is 2. The second-order valence-electron chi connectivity index (χ2n) is 5.26. The van der Waals surface area contributed by atoms with Crippen LogP contribution in [-0.2, 0) is 5.75 Å². The number of pyridine rings is 1. The Morgan fingerprint density at radius 2 is 2.04 bits per heavy atom. The highest BCUT2D eigenvalue weighted by Crippen LogP contribution is 2.20. The van der Waals surface area contributed by atoms with Gasteiger partial charge in [-0.1, -0.05) is 47.7 Å². The summed E-state index contributed by atoms with van der Waals surface area (Å²) in [5, 5.41) is 12.0. The van der Waals surface area contributed by atoms with Gasteiger partial charge in [-0.15, -0.1) is 5.10 Å². The van der Waals surface area contributed by atoms with E-state index in [1.807, 2.05) is 25.1 Å². The zero-order valence-corrected chi connectivity index (χ0v) is 14.3. The summed E-state index contributed by atoms with van der Waals surface area (Å²) in [7, 11) is 0. The molecule has 0 atom stereocenters. The van der Waals surface area contributed by atoms with Crippen molar-refractivity contribution < 1.29 is 0 Å². The third kappa shape index (κ3) is 4.42. The highest BCUT2D eigenvalue weighted by atomic mass is 32.2. The van der Waals surface area contributed by atoms with Crippen LogP contribution in [0.1, 0.15) is 23.7 Å². The molecule has 0 saturated heterocycles. The maximum atomic E-state index is 4.37. The van der Waals surface area contributed by atoms with Crippen LogP contribution in [0.3, 0.4) is 0 Å². The van der Waals surface area contributed by atoms with Crippen molar-refractivity contribution in [2.45, 2.75) is 24.8 Å². The van der Waals surface area contributed by atoms with E-state index in [9.17, 15) is 0 Å². The molecule has 0 bridgehead atoms. The lowest BCUT2D eigenvalue weighted by molar-refractivity contribution is 0.972. The van der Waals surface area contributed by atoms with E-state index in [1.54, 1.807) is 18.0 Å². The molecule has 3 rings (SSSR count). The zero-order valence-electron chi connectivity index (χ0n) is 13.5. The average molecular weight is 338 g/mol. The van der Waals surface area contributed by atoms with Gasteiger partial charge in [0.1, 0.15) is 0 Å². The molecule has 122 valence electrons. The number of anilines is 1. The Bertz CT molecular complexity index is 811. The molecule has 2 heterocycles. The summed E-state index contributed by atoms with van der Waals surface area (Å²) in [5.74, 6) is 1.34. The van der Waals surface area contributed by atoms with E-state index in [-0.39, 0.29) is 0 Å². The summed E-state index contributed by atoms with van der Waals surface area (Å²) in [6.45, 7) is 3.97. The van der Waals surface area contributed by atoms with Gasteiger partial charge in [0.15, 0.2) is 0 Å². The van der Waals surface area contributed by atoms with Crippen molar-refractivity contribution in [3.8, 4) is 0 Å². The predicted molar refractivity (Wildman–Crippen MR) is 97.2 cm³/mol. The number of thioether (sulfide) groups is 1. The number of aromatic nitrogens is 4. The van der Waals surface area contributed by atoms with Crippen LogP contribution in [0.25, 0.3) is 0 Å². The number of aromatic amines is 1. The normalized spacial score (nSPS) is 11.5. The van der Waals surface area contributed by atoms with Crippen LogP contribution in [0.5, 0.6) is 0 Å². The average Bonchev–Trinajstić information content (AvgIpc) is 3.08. The molecular weight excluding hydrogens is 320 g/mol. The van der Waals surface area contributed by atoms with Crippen molar-refractivity contribution in [2.75, 3.05) is 5.43 Å². The predicted octanol–water partition coefficient (Wildman–Crippen LogP) is 3.64. The van der Waals surface area contributed by atoms with Crippen LogP contribution >= 0.6 is 11.8 Å². The Morgan fingerprint density at radius 1 is 1.21 bits per heavy atom. The van der Waals surface area contributed by atoms with Crippen LogP contribution in [-0.4, -0.2) is 25.9 Å². The van der Waals surface area contributed by atoms with E-state index < -0.39 is 0 Å². The van der Waals surface area contributed by atoms with Gasteiger partial charge in [-0.2, -0.15) is 10.1 Å². The molecule has 2 aromatic heterocycles. The van der Waals surface area contributed by atoms with Crippen molar-refractivity contribution in [1.82, 2.24) is 20.2 Å². The van der Waals surface area contributed by atoms with Gasteiger partial charge in [-0.25, -0.2) is 10.5 Å². The second-order valence-corrected chi connectivity index (χ2v) is 6.21. The molecule has 3 aromatic rings. The first-order chi connectivity index (χ1) is 11.7. The van der Waals surface area contributed by atoms with Crippen molar-refractivity contribution in [3.05, 3.63) is 65.5 Å². The third-order valence-electron chi connectivity index (χ3n) is 3.32. The van der Waals surface area contributed by atoms with Gasteiger partial charge in [0, 0.05) is 11.9 Å². The van der Waals surface area contributed by atoms with E-state index in [4.69, 9.17) is 0 Å². The Kier molecular flexibility index (Phi) is 5.22. The number of nitrogens with zero attached hydrogens (tertiary/aromatic N) is 4. The van der Waals surface area contributed by atoms with Crippen molar-refractivity contribution >= 4 is 23.4 Å². The molecule has 0 aliphatic heterocycles. The number of rotatable bonds is 6. The summed E-state index contributed by atoms with van der Waals surface area (Å²) < 4.78 is 0. The lowest BCUT2D eigenvalue weighted by Gasteiger charge is -1.99. The maximum Gasteiger partial charge on any atom is 0.240 e. The topological polar surface area (TPSA) is 78.9 Å². The Balaban J connectivity index is 1.56. The first-order valence-corrected chi connectivity index (χ1v) is 8.52. The van der Waals surface area contributed by atoms with Crippen LogP contribution in [0, 0.1) is 6.92 Å². The van der Waals surface area contributed by atoms with Crippen molar-refractivity contribution in [3.63, 3.8) is 0 Å². The highest BCUT2D eigenvalue weighted by Gasteiger charge is 2.04. The fourth-order valence-electron chi connectivity index (χ4n) is 1.96. The minimum absolute atomic E-state index is 0.511. The maximum absolute atomic E-state index is 4.37. The summed E-state index contributed by atoms with van der Waals surface area (Å²) >= 11 is 1.58. The monoisotopic (exact) mass is 338 g/mol. The summed E-state index contributed by atoms with van der Waals surface area (Å²) in [6.07, 6.45) is 1.74. The van der Waals surface area contributed by atoms with Gasteiger partial charge in [-0.3, -0.25) is 4.98 Å². The fraction of sp³-hybridized carbons (Fsp3) is 0.176. The Morgan fingerprint density at radius 3 is 2.79 bits per heavy atom. The van der Waals surface area contributed by atoms with Gasteiger partial charge in [-0.05, 0) is 31.5 Å². The van der Waals surface area contributed by atoms with Crippen molar-refractivity contribution in [2.24, 2.45) is 5.10 Å². The smallest absolute Gasteiger partial charge is 0.240 e. The molecular formula is C17H18N6S. The number of H-pyrrole nitrogens is 1. The van der Waals surface area contributed by atoms with Crippen molar-refractivity contribution in [1.29, 1.82) is 0 Å². The van der Waals surface area contributed by atoms with Gasteiger partial charge >= 0.3 is 0 Å². The van der Waals surface area contributed by atoms with E-state index in [1.165, 1.54) is 11.1 Å². The SMILES string of the molecule is C/C(=N/Nc1nc(SCc2ccc(C)cc2)n[nH]1)c1ccccn1. The molecule has 0 fully saturated rings. The molecule has 24 heavy (non-hydrogen) atoms. The molecule has 0 unspecified atom stereocenters. The van der Waals surface area contributed by atoms with Crippen LogP contribution in [0.15, 0.2) is 58.9 Å². The molecule has 0 aliphatic carbocycles. The minimum Gasteiger partial charge on any atom is -0.255 e. The minimum atomic E-state index is 0.511. The van der Waals surface area contributed by atoms with E-state index in [2.05, 4.69) is 61.9 Å². The molecule has 7 heteroatoms. The number of hydrogen-bond acceptors (Lipinski definition) is 6. The van der Waals surface area contributed by atoms with Gasteiger partial charge in [0.2, 0.25) is 11.1 Å². The third-order valence-corrected chi connectivity index (χ3v) is 4.24. The van der Waals surface area contributed by atoms with Crippen LogP contribution in [0.2, 0.25) is 0 Å². The van der Waals surface area contributed by atoms with Gasteiger partial charge in [0.05, 0.1) is 11.4 Å². The molecule has 0 amide bonds. The lowest BCUT2D eigenvalue weighted by atomic mass is 10.2. The first kappa shape index (κ1) is 16.2. The molecule has 1 aromatic carbocycles. The molecule has 2 N–H and O–H groups in total. The quantitative estimate of drug-likeness (QED) is 0.407.